The summed E-state index contributed by atoms with van der Waals surface area (Å²) >= 11 is 5.81. The van der Waals surface area contributed by atoms with Crippen LogP contribution in [-0.4, -0.2) is 12.0 Å². The number of benzene rings is 1. The lowest BCUT2D eigenvalue weighted by Crippen LogP contribution is -2.15. The van der Waals surface area contributed by atoms with E-state index in [2.05, 4.69) is 13.2 Å². The molecular weight excluding hydrogens is 244 g/mol. The van der Waals surface area contributed by atoms with E-state index >= 15 is 0 Å². The van der Waals surface area contributed by atoms with Crippen molar-refractivity contribution in [1.29, 1.82) is 0 Å². The molecule has 0 heterocycles. The smallest absolute Gasteiger partial charge is 0.0840 e. The van der Waals surface area contributed by atoms with Gasteiger partial charge in [-0.25, -0.2) is 0 Å². The number of ether oxygens (including phenoxy) is 1. The van der Waals surface area contributed by atoms with Gasteiger partial charge in [-0.15, -0.1) is 11.6 Å². The lowest BCUT2D eigenvalue weighted by molar-refractivity contribution is 0.0648. The van der Waals surface area contributed by atoms with Gasteiger partial charge in [0, 0.05) is 5.88 Å². The highest BCUT2D eigenvalue weighted by atomic mass is 35.5. The monoisotopic (exact) mass is 262 g/mol. The molecule has 0 bridgehead atoms. The Bertz CT molecular complexity index is 395. The molecule has 1 aromatic rings. The van der Waals surface area contributed by atoms with Crippen molar-refractivity contribution in [2.75, 3.05) is 5.88 Å². The largest absolute Gasteiger partial charge is 0.369 e. The third kappa shape index (κ3) is 4.91. The van der Waals surface area contributed by atoms with Gasteiger partial charge in [0.15, 0.2) is 0 Å². The van der Waals surface area contributed by atoms with Crippen LogP contribution in [0.15, 0.2) is 67.3 Å². The highest BCUT2D eigenvalue weighted by molar-refractivity contribution is 6.17. The van der Waals surface area contributed by atoms with Crippen molar-refractivity contribution in [2.45, 2.75) is 19.1 Å². The van der Waals surface area contributed by atoms with Crippen LogP contribution in [-0.2, 0) is 11.3 Å². The minimum atomic E-state index is -0.0294. The minimum absolute atomic E-state index is 0.0294. The van der Waals surface area contributed by atoms with Crippen LogP contribution in [0, 0.1) is 0 Å². The first-order valence-corrected chi connectivity index (χ1v) is 6.51. The van der Waals surface area contributed by atoms with Crippen LogP contribution in [0.4, 0.5) is 0 Å². The quantitative estimate of drug-likeness (QED) is 0.495. The molecule has 96 valence electrons. The van der Waals surface area contributed by atoms with E-state index in [1.165, 1.54) is 0 Å². The van der Waals surface area contributed by atoms with Gasteiger partial charge in [0.2, 0.25) is 0 Å². The number of hydrogen-bond acceptors (Lipinski definition) is 1. The molecule has 0 radical (unpaired) electrons. The SMILES string of the molecule is C=C/C=C(\C=C)C(CCCl)OCc1ccccc1. The van der Waals surface area contributed by atoms with Gasteiger partial charge in [-0.05, 0) is 17.6 Å². The van der Waals surface area contributed by atoms with Gasteiger partial charge in [0.1, 0.15) is 0 Å². The van der Waals surface area contributed by atoms with Crippen molar-refractivity contribution in [3.63, 3.8) is 0 Å². The Labute approximate surface area is 114 Å². The summed E-state index contributed by atoms with van der Waals surface area (Å²) in [5.41, 5.74) is 2.17. The fraction of sp³-hybridized carbons (Fsp3) is 0.250. The fourth-order valence-electron chi connectivity index (χ4n) is 1.66. The summed E-state index contributed by atoms with van der Waals surface area (Å²) in [6.07, 6.45) is 6.18. The maximum Gasteiger partial charge on any atom is 0.0840 e. The molecule has 0 aliphatic rings. The van der Waals surface area contributed by atoms with Gasteiger partial charge in [-0.2, -0.15) is 0 Å². The zero-order valence-corrected chi connectivity index (χ0v) is 11.3. The topological polar surface area (TPSA) is 9.23 Å². The summed E-state index contributed by atoms with van der Waals surface area (Å²) in [4.78, 5) is 0. The van der Waals surface area contributed by atoms with E-state index in [-0.39, 0.29) is 6.10 Å². The van der Waals surface area contributed by atoms with E-state index in [0.29, 0.717) is 12.5 Å². The average Bonchev–Trinajstić information content (AvgIpc) is 2.42. The molecule has 18 heavy (non-hydrogen) atoms. The molecule has 2 heteroatoms. The van der Waals surface area contributed by atoms with Gasteiger partial charge in [0.25, 0.3) is 0 Å². The maximum atomic E-state index is 5.90. The number of halogens is 1. The molecule has 0 fully saturated rings. The zero-order chi connectivity index (χ0) is 13.2. The van der Waals surface area contributed by atoms with E-state index in [4.69, 9.17) is 16.3 Å². The molecule has 1 nitrogen and oxygen atoms in total. The van der Waals surface area contributed by atoms with Crippen molar-refractivity contribution >= 4 is 11.6 Å². The Morgan fingerprint density at radius 1 is 1.28 bits per heavy atom. The molecule has 0 aromatic heterocycles. The van der Waals surface area contributed by atoms with Crippen LogP contribution in [0.5, 0.6) is 0 Å². The molecule has 0 amide bonds. The summed E-state index contributed by atoms with van der Waals surface area (Å²) in [6.45, 7) is 8.07. The molecule has 0 aliphatic heterocycles. The molecule has 0 saturated carbocycles. The number of hydrogen-bond donors (Lipinski definition) is 0. The second kappa shape index (κ2) is 8.73. The second-order valence-electron chi connectivity index (χ2n) is 3.87. The summed E-state index contributed by atoms with van der Waals surface area (Å²) in [7, 11) is 0. The third-order valence-electron chi connectivity index (χ3n) is 2.58. The number of allylic oxidation sites excluding steroid dienone is 2. The summed E-state index contributed by atoms with van der Waals surface area (Å²) in [5.74, 6) is 0.557. The minimum Gasteiger partial charge on any atom is -0.369 e. The Hall–Kier alpha value is -1.31. The Morgan fingerprint density at radius 3 is 2.56 bits per heavy atom. The Balaban J connectivity index is 2.65. The predicted octanol–water partition coefficient (Wildman–Crippen LogP) is 4.50. The molecule has 0 spiro atoms. The van der Waals surface area contributed by atoms with Crippen LogP contribution in [0.1, 0.15) is 12.0 Å². The molecule has 1 aromatic carbocycles. The maximum absolute atomic E-state index is 5.90. The van der Waals surface area contributed by atoms with Gasteiger partial charge in [0.05, 0.1) is 12.7 Å². The predicted molar refractivity (Wildman–Crippen MR) is 78.8 cm³/mol. The normalized spacial score (nSPS) is 13.1. The van der Waals surface area contributed by atoms with E-state index in [1.807, 2.05) is 36.4 Å². The van der Waals surface area contributed by atoms with Gasteiger partial charge >= 0.3 is 0 Å². The first-order chi connectivity index (χ1) is 8.81. The fourth-order valence-corrected chi connectivity index (χ4v) is 1.86. The van der Waals surface area contributed by atoms with E-state index < -0.39 is 0 Å². The summed E-state index contributed by atoms with van der Waals surface area (Å²) in [6, 6.07) is 10.1. The number of alkyl halides is 1. The van der Waals surface area contributed by atoms with E-state index in [1.54, 1.807) is 12.2 Å². The molecule has 1 unspecified atom stereocenters. The van der Waals surface area contributed by atoms with Crippen molar-refractivity contribution in [3.8, 4) is 0 Å². The highest BCUT2D eigenvalue weighted by Crippen LogP contribution is 2.16. The first-order valence-electron chi connectivity index (χ1n) is 5.98. The second-order valence-corrected chi connectivity index (χ2v) is 4.25. The van der Waals surface area contributed by atoms with Crippen LogP contribution < -0.4 is 0 Å². The van der Waals surface area contributed by atoms with Crippen molar-refractivity contribution in [1.82, 2.24) is 0 Å². The van der Waals surface area contributed by atoms with E-state index in [0.717, 1.165) is 17.6 Å². The summed E-state index contributed by atoms with van der Waals surface area (Å²) < 4.78 is 5.90. The van der Waals surface area contributed by atoms with Crippen LogP contribution in [0.25, 0.3) is 0 Å². The zero-order valence-electron chi connectivity index (χ0n) is 10.5. The first kappa shape index (κ1) is 14.7. The Morgan fingerprint density at radius 2 is 2.00 bits per heavy atom. The molecular formula is C16H19ClO. The van der Waals surface area contributed by atoms with Gasteiger partial charge in [-0.1, -0.05) is 61.7 Å². The van der Waals surface area contributed by atoms with Crippen LogP contribution >= 0.6 is 11.6 Å². The molecule has 0 aliphatic carbocycles. The highest BCUT2D eigenvalue weighted by Gasteiger charge is 2.11. The van der Waals surface area contributed by atoms with Crippen LogP contribution in [0.3, 0.4) is 0 Å². The average molecular weight is 263 g/mol. The molecule has 0 N–H and O–H groups in total. The van der Waals surface area contributed by atoms with Crippen molar-refractivity contribution < 1.29 is 4.74 Å². The Kier molecular flexibility index (Phi) is 7.16. The number of rotatable bonds is 8. The third-order valence-corrected chi connectivity index (χ3v) is 2.80. The lowest BCUT2D eigenvalue weighted by atomic mass is 10.1. The van der Waals surface area contributed by atoms with Gasteiger partial charge < -0.3 is 4.74 Å². The lowest BCUT2D eigenvalue weighted by Gasteiger charge is -2.18. The molecule has 1 rings (SSSR count). The van der Waals surface area contributed by atoms with Gasteiger partial charge in [-0.3, -0.25) is 0 Å². The van der Waals surface area contributed by atoms with E-state index in [9.17, 15) is 0 Å². The standard InChI is InChI=1S/C16H19ClO/c1-3-8-15(4-2)16(11-12-17)18-13-14-9-6-5-7-10-14/h3-10,16H,1-2,11-13H2/b15-8+. The molecule has 0 saturated heterocycles. The summed E-state index contributed by atoms with van der Waals surface area (Å²) in [5, 5.41) is 0. The van der Waals surface area contributed by atoms with Crippen molar-refractivity contribution in [3.05, 3.63) is 72.9 Å². The molecule has 1 atom stereocenters. The van der Waals surface area contributed by atoms with Crippen LogP contribution in [0.2, 0.25) is 0 Å². The van der Waals surface area contributed by atoms with Crippen molar-refractivity contribution in [2.24, 2.45) is 0 Å².